The average Bonchev–Trinajstić information content (AvgIpc) is 2.93. The van der Waals surface area contributed by atoms with Crippen LogP contribution in [0.25, 0.3) is 0 Å². The summed E-state index contributed by atoms with van der Waals surface area (Å²) in [5.74, 6) is -0.909. The Balaban J connectivity index is 1.94. The number of nitrogens with zero attached hydrogens (tertiary/aromatic N) is 2. The van der Waals surface area contributed by atoms with Gasteiger partial charge < -0.3 is 10.4 Å². The number of carboxylic acids is 1. The van der Waals surface area contributed by atoms with Crippen molar-refractivity contribution in [2.45, 2.75) is 37.1 Å². The van der Waals surface area contributed by atoms with Crippen LogP contribution in [-0.2, 0) is 13.6 Å². The standard InChI is InChI=1S/C12H19N3O2S/c1-15-11(10(6-14-15)12(16)17)7-13-8-3-4-9(5-8)18-2/h6,8-9,13H,3-5,7H2,1-2H3,(H,16,17). The first-order chi connectivity index (χ1) is 8.61. The van der Waals surface area contributed by atoms with Gasteiger partial charge in [0, 0.05) is 24.9 Å². The van der Waals surface area contributed by atoms with E-state index in [9.17, 15) is 4.79 Å². The number of nitrogens with one attached hydrogen (secondary N) is 1. The molecule has 2 rings (SSSR count). The average molecular weight is 269 g/mol. The van der Waals surface area contributed by atoms with Crippen molar-refractivity contribution in [1.82, 2.24) is 15.1 Å². The highest BCUT2D eigenvalue weighted by atomic mass is 32.2. The highest BCUT2D eigenvalue weighted by Crippen LogP contribution is 2.28. The number of carboxylic acid groups (broad SMARTS) is 1. The molecule has 0 aromatic carbocycles. The van der Waals surface area contributed by atoms with Crippen LogP contribution in [0.4, 0.5) is 0 Å². The molecule has 0 saturated heterocycles. The Morgan fingerprint density at radius 1 is 1.67 bits per heavy atom. The first-order valence-electron chi connectivity index (χ1n) is 6.12. The van der Waals surface area contributed by atoms with Gasteiger partial charge in [-0.15, -0.1) is 0 Å². The van der Waals surface area contributed by atoms with Crippen molar-refractivity contribution in [1.29, 1.82) is 0 Å². The van der Waals surface area contributed by atoms with Gasteiger partial charge in [-0.2, -0.15) is 16.9 Å². The highest BCUT2D eigenvalue weighted by Gasteiger charge is 2.24. The minimum Gasteiger partial charge on any atom is -0.478 e. The van der Waals surface area contributed by atoms with E-state index >= 15 is 0 Å². The van der Waals surface area contributed by atoms with E-state index in [0.717, 1.165) is 10.9 Å². The summed E-state index contributed by atoms with van der Waals surface area (Å²) in [6.07, 6.45) is 7.15. The van der Waals surface area contributed by atoms with Crippen molar-refractivity contribution < 1.29 is 9.90 Å². The van der Waals surface area contributed by atoms with Gasteiger partial charge in [0.25, 0.3) is 0 Å². The third-order valence-electron chi connectivity index (χ3n) is 3.57. The van der Waals surface area contributed by atoms with E-state index < -0.39 is 5.97 Å². The topological polar surface area (TPSA) is 67.2 Å². The molecule has 0 spiro atoms. The monoisotopic (exact) mass is 269 g/mol. The van der Waals surface area contributed by atoms with Crippen LogP contribution in [0.1, 0.15) is 35.3 Å². The third-order valence-corrected chi connectivity index (χ3v) is 4.66. The van der Waals surface area contributed by atoms with Gasteiger partial charge in [-0.1, -0.05) is 0 Å². The summed E-state index contributed by atoms with van der Waals surface area (Å²) in [4.78, 5) is 11.0. The zero-order valence-corrected chi connectivity index (χ0v) is 11.5. The van der Waals surface area contributed by atoms with Gasteiger partial charge in [-0.05, 0) is 25.5 Å². The second-order valence-electron chi connectivity index (χ2n) is 4.68. The Bertz CT molecular complexity index is 433. The summed E-state index contributed by atoms with van der Waals surface area (Å²) in [6, 6.07) is 0.499. The molecule has 1 heterocycles. The molecule has 0 amide bonds. The Labute approximate surface area is 111 Å². The summed E-state index contributed by atoms with van der Waals surface area (Å²) in [5.41, 5.74) is 1.04. The fourth-order valence-electron chi connectivity index (χ4n) is 2.43. The maximum atomic E-state index is 11.0. The Morgan fingerprint density at radius 2 is 2.44 bits per heavy atom. The van der Waals surface area contributed by atoms with Crippen LogP contribution in [0.15, 0.2) is 6.20 Å². The van der Waals surface area contributed by atoms with Crippen molar-refractivity contribution in [3.05, 3.63) is 17.5 Å². The molecule has 5 nitrogen and oxygen atoms in total. The van der Waals surface area contributed by atoms with Crippen LogP contribution in [0.5, 0.6) is 0 Å². The molecule has 6 heteroatoms. The second-order valence-corrected chi connectivity index (χ2v) is 5.82. The Hall–Kier alpha value is -1.01. The van der Waals surface area contributed by atoms with E-state index in [2.05, 4.69) is 16.7 Å². The third kappa shape index (κ3) is 2.87. The Kier molecular flexibility index (Phi) is 4.29. The number of aryl methyl sites for hydroxylation is 1. The Morgan fingerprint density at radius 3 is 3.06 bits per heavy atom. The molecule has 2 atom stereocenters. The first kappa shape index (κ1) is 13.4. The van der Waals surface area contributed by atoms with Crippen molar-refractivity contribution in [3.8, 4) is 0 Å². The number of aromatic carboxylic acids is 1. The minimum absolute atomic E-state index is 0.296. The van der Waals surface area contributed by atoms with Crippen molar-refractivity contribution in [2.75, 3.05) is 6.26 Å². The van der Waals surface area contributed by atoms with E-state index in [-0.39, 0.29) is 0 Å². The number of rotatable bonds is 5. The van der Waals surface area contributed by atoms with Crippen LogP contribution < -0.4 is 5.32 Å². The smallest absolute Gasteiger partial charge is 0.339 e. The molecule has 100 valence electrons. The predicted octanol–water partition coefficient (Wildman–Crippen LogP) is 1.49. The molecule has 0 aliphatic heterocycles. The van der Waals surface area contributed by atoms with E-state index in [4.69, 9.17) is 5.11 Å². The summed E-state index contributed by atoms with van der Waals surface area (Å²) >= 11 is 1.92. The molecule has 1 saturated carbocycles. The largest absolute Gasteiger partial charge is 0.478 e. The lowest BCUT2D eigenvalue weighted by Gasteiger charge is -2.13. The number of hydrogen-bond donors (Lipinski definition) is 2. The van der Waals surface area contributed by atoms with Gasteiger partial charge in [0.05, 0.1) is 11.9 Å². The predicted molar refractivity (Wildman–Crippen MR) is 71.9 cm³/mol. The van der Waals surface area contributed by atoms with Crippen LogP contribution >= 0.6 is 11.8 Å². The number of thioether (sulfide) groups is 1. The number of hydrogen-bond acceptors (Lipinski definition) is 4. The quantitative estimate of drug-likeness (QED) is 0.848. The van der Waals surface area contributed by atoms with Crippen LogP contribution in [0, 0.1) is 0 Å². The van der Waals surface area contributed by atoms with E-state index in [1.54, 1.807) is 11.7 Å². The molecular weight excluding hydrogens is 250 g/mol. The van der Waals surface area contributed by atoms with Gasteiger partial charge in [0.2, 0.25) is 0 Å². The van der Waals surface area contributed by atoms with Crippen molar-refractivity contribution >= 4 is 17.7 Å². The highest BCUT2D eigenvalue weighted by molar-refractivity contribution is 7.99. The molecule has 0 bridgehead atoms. The second kappa shape index (κ2) is 5.75. The fraction of sp³-hybridized carbons (Fsp3) is 0.667. The normalized spacial score (nSPS) is 23.4. The molecule has 1 aromatic heterocycles. The number of aromatic nitrogens is 2. The molecule has 1 aliphatic carbocycles. The molecular formula is C12H19N3O2S. The maximum absolute atomic E-state index is 11.0. The van der Waals surface area contributed by atoms with Crippen LogP contribution in [0.2, 0.25) is 0 Å². The van der Waals surface area contributed by atoms with Gasteiger partial charge in [-0.25, -0.2) is 4.79 Å². The molecule has 1 aliphatic rings. The van der Waals surface area contributed by atoms with Gasteiger partial charge in [0.15, 0.2) is 0 Å². The minimum atomic E-state index is -0.909. The summed E-state index contributed by atoms with van der Waals surface area (Å²) in [6.45, 7) is 0.573. The summed E-state index contributed by atoms with van der Waals surface area (Å²) in [5, 5.41) is 17.3. The summed E-state index contributed by atoms with van der Waals surface area (Å²) < 4.78 is 1.64. The van der Waals surface area contributed by atoms with Crippen LogP contribution in [-0.4, -0.2) is 38.4 Å². The lowest BCUT2D eigenvalue weighted by Crippen LogP contribution is -2.28. The van der Waals surface area contributed by atoms with Crippen molar-refractivity contribution in [2.24, 2.45) is 7.05 Å². The lowest BCUT2D eigenvalue weighted by atomic mass is 10.2. The molecule has 2 unspecified atom stereocenters. The maximum Gasteiger partial charge on any atom is 0.339 e. The molecule has 2 N–H and O–H groups in total. The SMILES string of the molecule is CSC1CCC(NCc2c(C(=O)O)cnn2C)C1. The zero-order chi connectivity index (χ0) is 13.1. The molecule has 1 fully saturated rings. The zero-order valence-electron chi connectivity index (χ0n) is 10.7. The first-order valence-corrected chi connectivity index (χ1v) is 7.41. The van der Waals surface area contributed by atoms with Crippen LogP contribution in [0.3, 0.4) is 0 Å². The summed E-state index contributed by atoms with van der Waals surface area (Å²) in [7, 11) is 1.78. The fourth-order valence-corrected chi connectivity index (χ4v) is 3.23. The van der Waals surface area contributed by atoms with Gasteiger partial charge in [0.1, 0.15) is 5.56 Å². The van der Waals surface area contributed by atoms with Gasteiger partial charge in [-0.3, -0.25) is 4.68 Å². The van der Waals surface area contributed by atoms with Crippen molar-refractivity contribution in [3.63, 3.8) is 0 Å². The molecule has 0 radical (unpaired) electrons. The van der Waals surface area contributed by atoms with E-state index in [1.807, 2.05) is 11.8 Å². The van der Waals surface area contributed by atoms with E-state index in [0.29, 0.717) is 18.2 Å². The molecule has 1 aromatic rings. The number of carbonyl (C=O) groups is 1. The lowest BCUT2D eigenvalue weighted by molar-refractivity contribution is 0.0695. The molecule has 18 heavy (non-hydrogen) atoms. The van der Waals surface area contributed by atoms with Gasteiger partial charge >= 0.3 is 5.97 Å². The van der Waals surface area contributed by atoms with E-state index in [1.165, 1.54) is 25.5 Å².